The lowest BCUT2D eigenvalue weighted by molar-refractivity contribution is 0.0702. The van der Waals surface area contributed by atoms with Crippen molar-refractivity contribution in [2.24, 2.45) is 5.92 Å². The maximum Gasteiger partial charge on any atom is 0.254 e. The summed E-state index contributed by atoms with van der Waals surface area (Å²) in [5.41, 5.74) is 0.803. The Labute approximate surface area is 134 Å². The van der Waals surface area contributed by atoms with E-state index < -0.39 is 0 Å². The Kier molecular flexibility index (Phi) is 4.03. The van der Waals surface area contributed by atoms with Gasteiger partial charge in [0.1, 0.15) is 0 Å². The van der Waals surface area contributed by atoms with Gasteiger partial charge in [-0.3, -0.25) is 4.79 Å². The second-order valence-corrected chi connectivity index (χ2v) is 7.07. The summed E-state index contributed by atoms with van der Waals surface area (Å²) in [5.74, 6) is 0.698. The monoisotopic (exact) mass is 345 g/mol. The Morgan fingerprint density at radius 3 is 2.67 bits per heavy atom. The minimum absolute atomic E-state index is 0.177. The highest BCUT2D eigenvalue weighted by Gasteiger charge is 2.31. The van der Waals surface area contributed by atoms with E-state index >= 15 is 0 Å². The summed E-state index contributed by atoms with van der Waals surface area (Å²) < 4.78 is 1.06. The number of halogens is 1. The highest BCUT2D eigenvalue weighted by atomic mass is 79.9. The summed E-state index contributed by atoms with van der Waals surface area (Å²) >= 11 is 3.48. The van der Waals surface area contributed by atoms with Gasteiger partial charge in [-0.1, -0.05) is 41.9 Å². The number of amides is 1. The minimum Gasteiger partial charge on any atom is -0.335 e. The molecule has 3 rings (SSSR count). The van der Waals surface area contributed by atoms with Crippen molar-refractivity contribution >= 4 is 32.6 Å². The maximum atomic E-state index is 12.8. The number of likely N-dealkylation sites (tertiary alicyclic amines) is 1. The molecule has 0 N–H and O–H groups in total. The van der Waals surface area contributed by atoms with Gasteiger partial charge in [0.15, 0.2) is 0 Å². The molecular formula is C18H20BrNO. The van der Waals surface area contributed by atoms with Crippen LogP contribution in [0, 0.1) is 5.92 Å². The Hall–Kier alpha value is -1.35. The fraction of sp³-hybridized carbons (Fsp3) is 0.389. The van der Waals surface area contributed by atoms with Crippen LogP contribution in [-0.2, 0) is 0 Å². The molecule has 1 amide bonds. The first-order chi connectivity index (χ1) is 10.1. The average Bonchev–Trinajstić information content (AvgIpc) is 2.95. The van der Waals surface area contributed by atoms with Crippen molar-refractivity contribution in [2.45, 2.75) is 32.7 Å². The van der Waals surface area contributed by atoms with Gasteiger partial charge in [-0.2, -0.15) is 0 Å². The molecule has 0 aromatic heterocycles. The first-order valence-electron chi connectivity index (χ1n) is 7.56. The van der Waals surface area contributed by atoms with Crippen LogP contribution >= 0.6 is 15.9 Å². The second kappa shape index (κ2) is 5.80. The molecule has 1 fully saturated rings. The van der Waals surface area contributed by atoms with E-state index in [2.05, 4.69) is 46.8 Å². The molecule has 0 radical (unpaired) electrons. The average molecular weight is 346 g/mol. The lowest BCUT2D eigenvalue weighted by Gasteiger charge is -2.27. The molecule has 21 heavy (non-hydrogen) atoms. The van der Waals surface area contributed by atoms with Crippen LogP contribution in [0.1, 0.15) is 37.0 Å². The normalized spacial score (nSPS) is 18.7. The fourth-order valence-electron chi connectivity index (χ4n) is 3.25. The molecule has 1 saturated heterocycles. The lowest BCUT2D eigenvalue weighted by atomic mass is 10.0. The Bertz CT molecular complexity index is 680. The molecule has 1 atom stereocenters. The van der Waals surface area contributed by atoms with E-state index in [1.807, 2.05) is 24.3 Å². The van der Waals surface area contributed by atoms with Crippen LogP contribution in [0.25, 0.3) is 10.8 Å². The van der Waals surface area contributed by atoms with Gasteiger partial charge in [-0.25, -0.2) is 0 Å². The van der Waals surface area contributed by atoms with Crippen molar-refractivity contribution in [3.05, 3.63) is 46.4 Å². The number of carbonyl (C=O) groups is 1. The SMILES string of the molecule is CC(C)C1CCCN1C(=O)c1ccc2cc(Br)ccc2c1. The van der Waals surface area contributed by atoms with Crippen LogP contribution < -0.4 is 0 Å². The maximum absolute atomic E-state index is 12.8. The lowest BCUT2D eigenvalue weighted by Crippen LogP contribution is -2.38. The minimum atomic E-state index is 0.177. The molecular weight excluding hydrogens is 326 g/mol. The molecule has 2 nitrogen and oxygen atoms in total. The number of hydrogen-bond donors (Lipinski definition) is 0. The van der Waals surface area contributed by atoms with E-state index in [0.717, 1.165) is 40.2 Å². The molecule has 0 spiro atoms. The standard InChI is InChI=1S/C18H20BrNO/c1-12(2)17-4-3-9-20(17)18(21)15-6-5-14-11-16(19)8-7-13(14)10-15/h5-8,10-12,17H,3-4,9H2,1-2H3. The predicted molar refractivity (Wildman–Crippen MR) is 90.5 cm³/mol. The first kappa shape index (κ1) is 14.6. The van der Waals surface area contributed by atoms with Gasteiger partial charge in [0.2, 0.25) is 0 Å². The summed E-state index contributed by atoms with van der Waals surface area (Å²) in [4.78, 5) is 14.8. The third kappa shape index (κ3) is 2.84. The summed E-state index contributed by atoms with van der Waals surface area (Å²) in [7, 11) is 0. The third-order valence-corrected chi connectivity index (χ3v) is 4.87. The highest BCUT2D eigenvalue weighted by Crippen LogP contribution is 2.27. The number of benzene rings is 2. The van der Waals surface area contributed by atoms with Crippen LogP contribution in [0.15, 0.2) is 40.9 Å². The topological polar surface area (TPSA) is 20.3 Å². The van der Waals surface area contributed by atoms with Crippen LogP contribution in [0.2, 0.25) is 0 Å². The first-order valence-corrected chi connectivity index (χ1v) is 8.36. The van der Waals surface area contributed by atoms with Crippen LogP contribution in [0.4, 0.5) is 0 Å². The fourth-order valence-corrected chi connectivity index (χ4v) is 3.63. The summed E-state index contributed by atoms with van der Waals surface area (Å²) in [5, 5.41) is 2.27. The quantitative estimate of drug-likeness (QED) is 0.760. The molecule has 1 heterocycles. The third-order valence-electron chi connectivity index (χ3n) is 4.38. The van der Waals surface area contributed by atoms with Crippen molar-refractivity contribution in [1.82, 2.24) is 4.90 Å². The van der Waals surface area contributed by atoms with E-state index in [1.165, 1.54) is 0 Å². The molecule has 2 aromatic carbocycles. The number of fused-ring (bicyclic) bond motifs is 1. The molecule has 0 aliphatic carbocycles. The van der Waals surface area contributed by atoms with Crippen molar-refractivity contribution in [3.8, 4) is 0 Å². The zero-order chi connectivity index (χ0) is 15.0. The van der Waals surface area contributed by atoms with Gasteiger partial charge in [0.05, 0.1) is 0 Å². The van der Waals surface area contributed by atoms with Crippen molar-refractivity contribution < 1.29 is 4.79 Å². The second-order valence-electron chi connectivity index (χ2n) is 6.16. The summed E-state index contributed by atoms with van der Waals surface area (Å²) in [6.07, 6.45) is 2.25. The molecule has 110 valence electrons. The van der Waals surface area contributed by atoms with E-state index in [9.17, 15) is 4.79 Å². The summed E-state index contributed by atoms with van der Waals surface area (Å²) in [6, 6.07) is 12.5. The number of carbonyl (C=O) groups excluding carboxylic acids is 1. The van der Waals surface area contributed by atoms with Crippen molar-refractivity contribution in [3.63, 3.8) is 0 Å². The summed E-state index contributed by atoms with van der Waals surface area (Å²) in [6.45, 7) is 5.29. The van der Waals surface area contributed by atoms with E-state index in [4.69, 9.17) is 0 Å². The van der Waals surface area contributed by atoms with Crippen LogP contribution in [-0.4, -0.2) is 23.4 Å². The largest absolute Gasteiger partial charge is 0.335 e. The van der Waals surface area contributed by atoms with E-state index in [-0.39, 0.29) is 5.91 Å². The van der Waals surface area contributed by atoms with Gasteiger partial charge >= 0.3 is 0 Å². The zero-order valence-electron chi connectivity index (χ0n) is 12.5. The van der Waals surface area contributed by atoms with Crippen LogP contribution in [0.3, 0.4) is 0 Å². The molecule has 1 aliphatic heterocycles. The molecule has 1 unspecified atom stereocenters. The molecule has 3 heteroatoms. The molecule has 0 bridgehead atoms. The number of nitrogens with zero attached hydrogens (tertiary/aromatic N) is 1. The van der Waals surface area contributed by atoms with Crippen molar-refractivity contribution in [2.75, 3.05) is 6.54 Å². The Morgan fingerprint density at radius 2 is 1.90 bits per heavy atom. The van der Waals surface area contributed by atoms with E-state index in [0.29, 0.717) is 12.0 Å². The van der Waals surface area contributed by atoms with Gasteiger partial charge in [0, 0.05) is 22.6 Å². The van der Waals surface area contributed by atoms with Gasteiger partial charge in [-0.15, -0.1) is 0 Å². The Morgan fingerprint density at radius 1 is 1.19 bits per heavy atom. The van der Waals surface area contributed by atoms with Gasteiger partial charge in [-0.05, 0) is 53.8 Å². The highest BCUT2D eigenvalue weighted by molar-refractivity contribution is 9.10. The molecule has 1 aliphatic rings. The Balaban J connectivity index is 1.92. The zero-order valence-corrected chi connectivity index (χ0v) is 14.1. The van der Waals surface area contributed by atoms with Gasteiger partial charge < -0.3 is 4.90 Å². The van der Waals surface area contributed by atoms with Gasteiger partial charge in [0.25, 0.3) is 5.91 Å². The predicted octanol–water partition coefficient (Wildman–Crippen LogP) is 4.86. The van der Waals surface area contributed by atoms with Crippen molar-refractivity contribution in [1.29, 1.82) is 0 Å². The van der Waals surface area contributed by atoms with Crippen LogP contribution in [0.5, 0.6) is 0 Å². The smallest absolute Gasteiger partial charge is 0.254 e. The molecule has 0 saturated carbocycles. The van der Waals surface area contributed by atoms with E-state index in [1.54, 1.807) is 0 Å². The number of hydrogen-bond acceptors (Lipinski definition) is 1. The molecule has 2 aromatic rings. The number of rotatable bonds is 2.